The maximum absolute atomic E-state index is 12.8. The lowest BCUT2D eigenvalue weighted by atomic mass is 10.1. The van der Waals surface area contributed by atoms with Crippen LogP contribution < -0.4 is 0 Å². The Morgan fingerprint density at radius 2 is 1.80 bits per heavy atom. The molecule has 1 aromatic carbocycles. The zero-order valence-electron chi connectivity index (χ0n) is 13.4. The number of halogens is 5. The molecule has 2 aromatic rings. The Morgan fingerprint density at radius 3 is 2.28 bits per heavy atom. The van der Waals surface area contributed by atoms with E-state index in [9.17, 15) is 18.0 Å². The third kappa shape index (κ3) is 4.54. The fourth-order valence-corrected chi connectivity index (χ4v) is 3.80. The summed E-state index contributed by atoms with van der Waals surface area (Å²) in [7, 11) is 3.55. The predicted octanol–water partition coefficient (Wildman–Crippen LogP) is 5.70. The Hall–Kier alpha value is -1.57. The van der Waals surface area contributed by atoms with Gasteiger partial charge in [0.25, 0.3) is 0 Å². The molecule has 0 bridgehead atoms. The van der Waals surface area contributed by atoms with Gasteiger partial charge in [-0.2, -0.15) is 13.2 Å². The molecule has 134 valence electrons. The molecule has 0 aliphatic rings. The van der Waals surface area contributed by atoms with Gasteiger partial charge in [0.15, 0.2) is 5.78 Å². The summed E-state index contributed by atoms with van der Waals surface area (Å²) in [4.78, 5) is 18.5. The van der Waals surface area contributed by atoms with Crippen LogP contribution in [0.1, 0.15) is 20.9 Å². The van der Waals surface area contributed by atoms with Crippen molar-refractivity contribution < 1.29 is 18.0 Å². The van der Waals surface area contributed by atoms with Gasteiger partial charge in [0.05, 0.1) is 26.2 Å². The molecule has 0 spiro atoms. The molecular formula is C16H13Cl2F3N2OS. The summed E-state index contributed by atoms with van der Waals surface area (Å²) in [5.41, 5.74) is -0.301. The number of hydrogen-bond acceptors (Lipinski definition) is 4. The molecule has 0 N–H and O–H groups in total. The first-order valence-electron chi connectivity index (χ1n) is 6.93. The van der Waals surface area contributed by atoms with Gasteiger partial charge in [0.1, 0.15) is 5.01 Å². The number of aryl methyl sites for hydroxylation is 1. The van der Waals surface area contributed by atoms with Gasteiger partial charge in [0, 0.05) is 31.9 Å². The second-order valence-electron chi connectivity index (χ2n) is 5.39. The molecule has 9 heteroatoms. The fourth-order valence-electron chi connectivity index (χ4n) is 1.97. The SMILES string of the molecule is Cc1nc(-c2c(Cl)cc(C(F)(F)F)cc2Cl)sc1C(=O)C=CN(C)C. The summed E-state index contributed by atoms with van der Waals surface area (Å²) < 4.78 is 38.5. The van der Waals surface area contributed by atoms with E-state index in [0.29, 0.717) is 15.6 Å². The standard InChI is InChI=1S/C16H13Cl2F3N2OS/c1-8-14(12(24)4-5-23(2)3)25-15(22-8)13-10(17)6-9(7-11(13)18)16(19,20)21/h4-7H,1-3H3. The van der Waals surface area contributed by atoms with Crippen molar-refractivity contribution in [3.8, 4) is 10.6 Å². The highest BCUT2D eigenvalue weighted by molar-refractivity contribution is 7.17. The van der Waals surface area contributed by atoms with Crippen molar-refractivity contribution in [3.05, 3.63) is 50.6 Å². The van der Waals surface area contributed by atoms with Crippen molar-refractivity contribution in [1.82, 2.24) is 9.88 Å². The van der Waals surface area contributed by atoms with E-state index in [0.717, 1.165) is 23.5 Å². The monoisotopic (exact) mass is 408 g/mol. The maximum atomic E-state index is 12.8. The maximum Gasteiger partial charge on any atom is 0.416 e. The second kappa shape index (κ2) is 7.35. The van der Waals surface area contributed by atoms with Gasteiger partial charge in [-0.3, -0.25) is 4.79 Å². The van der Waals surface area contributed by atoms with Crippen LogP contribution in [0, 0.1) is 6.92 Å². The highest BCUT2D eigenvalue weighted by Gasteiger charge is 2.32. The van der Waals surface area contributed by atoms with Gasteiger partial charge in [-0.1, -0.05) is 23.2 Å². The van der Waals surface area contributed by atoms with Crippen molar-refractivity contribution in [2.75, 3.05) is 14.1 Å². The van der Waals surface area contributed by atoms with E-state index in [1.165, 1.54) is 6.08 Å². The number of carbonyl (C=O) groups is 1. The van der Waals surface area contributed by atoms with E-state index in [2.05, 4.69) is 4.98 Å². The third-order valence-corrected chi connectivity index (χ3v) is 4.91. The molecule has 0 aliphatic carbocycles. The molecule has 0 saturated carbocycles. The zero-order chi connectivity index (χ0) is 18.9. The summed E-state index contributed by atoms with van der Waals surface area (Å²) in [5.74, 6) is -0.255. The highest BCUT2D eigenvalue weighted by atomic mass is 35.5. The number of aromatic nitrogens is 1. The van der Waals surface area contributed by atoms with Crippen LogP contribution in [0.4, 0.5) is 13.2 Å². The number of carbonyl (C=O) groups excluding carboxylic acids is 1. The van der Waals surface area contributed by atoms with Crippen molar-refractivity contribution in [3.63, 3.8) is 0 Å². The van der Waals surface area contributed by atoms with E-state index < -0.39 is 11.7 Å². The topological polar surface area (TPSA) is 33.2 Å². The molecule has 0 unspecified atom stereocenters. The minimum absolute atomic E-state index is 0.170. The normalized spacial score (nSPS) is 12.0. The van der Waals surface area contributed by atoms with Crippen LogP contribution in [0.3, 0.4) is 0 Å². The largest absolute Gasteiger partial charge is 0.416 e. The number of benzene rings is 1. The zero-order valence-corrected chi connectivity index (χ0v) is 15.7. The molecule has 0 atom stereocenters. The van der Waals surface area contributed by atoms with Gasteiger partial charge in [-0.15, -0.1) is 11.3 Å². The lowest BCUT2D eigenvalue weighted by Gasteiger charge is -2.10. The summed E-state index contributed by atoms with van der Waals surface area (Å²) in [5, 5.41) is -0.0457. The quantitative estimate of drug-likeness (QED) is 0.480. The number of rotatable bonds is 4. The van der Waals surface area contributed by atoms with Gasteiger partial charge in [-0.05, 0) is 19.1 Å². The second-order valence-corrected chi connectivity index (χ2v) is 7.20. The Labute approximate surface area is 156 Å². The number of hydrogen-bond donors (Lipinski definition) is 0. The Balaban J connectivity index is 2.47. The summed E-state index contributed by atoms with van der Waals surface area (Å²) in [6.45, 7) is 1.64. The summed E-state index contributed by atoms with van der Waals surface area (Å²) in [6, 6.07) is 1.60. The lowest BCUT2D eigenvalue weighted by molar-refractivity contribution is -0.137. The minimum Gasteiger partial charge on any atom is -0.383 e. The number of thiazole rings is 1. The molecule has 0 amide bonds. The molecule has 0 radical (unpaired) electrons. The molecule has 0 saturated heterocycles. The van der Waals surface area contributed by atoms with Crippen LogP contribution in [0.15, 0.2) is 24.4 Å². The lowest BCUT2D eigenvalue weighted by Crippen LogP contribution is -2.05. The van der Waals surface area contributed by atoms with E-state index in [1.54, 1.807) is 32.1 Å². The van der Waals surface area contributed by atoms with E-state index >= 15 is 0 Å². The van der Waals surface area contributed by atoms with E-state index in [-0.39, 0.29) is 21.4 Å². The average molecular weight is 409 g/mol. The average Bonchev–Trinajstić information content (AvgIpc) is 2.84. The van der Waals surface area contributed by atoms with Crippen LogP contribution in [-0.4, -0.2) is 29.8 Å². The Bertz CT molecular complexity index is 821. The molecule has 0 aliphatic heterocycles. The molecule has 1 aromatic heterocycles. The van der Waals surface area contributed by atoms with Crippen LogP contribution in [0.25, 0.3) is 10.6 Å². The summed E-state index contributed by atoms with van der Waals surface area (Å²) >= 11 is 13.0. The van der Waals surface area contributed by atoms with E-state index in [4.69, 9.17) is 23.2 Å². The van der Waals surface area contributed by atoms with Gasteiger partial charge in [0.2, 0.25) is 0 Å². The van der Waals surface area contributed by atoms with Crippen LogP contribution >= 0.6 is 34.5 Å². The van der Waals surface area contributed by atoms with Crippen molar-refractivity contribution in [2.45, 2.75) is 13.1 Å². The summed E-state index contributed by atoms with van der Waals surface area (Å²) in [6.07, 6.45) is -1.57. The first kappa shape index (κ1) is 19.8. The Morgan fingerprint density at radius 1 is 1.24 bits per heavy atom. The van der Waals surface area contributed by atoms with Gasteiger partial charge < -0.3 is 4.90 Å². The fraction of sp³-hybridized carbons (Fsp3) is 0.250. The molecular weight excluding hydrogens is 396 g/mol. The highest BCUT2D eigenvalue weighted by Crippen LogP contribution is 2.42. The number of allylic oxidation sites excluding steroid dienone is 1. The van der Waals surface area contributed by atoms with Gasteiger partial charge in [-0.25, -0.2) is 4.98 Å². The van der Waals surface area contributed by atoms with Crippen LogP contribution in [-0.2, 0) is 6.18 Å². The molecule has 0 fully saturated rings. The first-order valence-corrected chi connectivity index (χ1v) is 8.51. The smallest absolute Gasteiger partial charge is 0.383 e. The molecule has 25 heavy (non-hydrogen) atoms. The predicted molar refractivity (Wildman–Crippen MR) is 94.5 cm³/mol. The third-order valence-electron chi connectivity index (χ3n) is 3.13. The molecule has 1 heterocycles. The molecule has 2 rings (SSSR count). The van der Waals surface area contributed by atoms with Crippen molar-refractivity contribution in [1.29, 1.82) is 0 Å². The minimum atomic E-state index is -4.55. The number of ketones is 1. The van der Waals surface area contributed by atoms with Crippen LogP contribution in [0.5, 0.6) is 0 Å². The van der Waals surface area contributed by atoms with E-state index in [1.807, 2.05) is 0 Å². The van der Waals surface area contributed by atoms with Crippen molar-refractivity contribution >= 4 is 40.3 Å². The Kier molecular flexibility index (Phi) is 5.81. The first-order chi connectivity index (χ1) is 11.5. The van der Waals surface area contributed by atoms with Gasteiger partial charge >= 0.3 is 6.18 Å². The number of nitrogens with zero attached hydrogens (tertiary/aromatic N) is 2. The molecule has 3 nitrogen and oxygen atoms in total. The van der Waals surface area contributed by atoms with Crippen molar-refractivity contribution in [2.24, 2.45) is 0 Å². The van der Waals surface area contributed by atoms with Crippen LogP contribution in [0.2, 0.25) is 10.0 Å². The number of alkyl halides is 3.